The highest BCUT2D eigenvalue weighted by Gasteiger charge is 2.32. The van der Waals surface area contributed by atoms with Crippen molar-refractivity contribution in [2.75, 3.05) is 0 Å². The van der Waals surface area contributed by atoms with Crippen LogP contribution in [-0.4, -0.2) is 24.1 Å². The fraction of sp³-hybridized carbons (Fsp3) is 0.237. The summed E-state index contributed by atoms with van der Waals surface area (Å²) in [5, 5.41) is 3.38. The van der Waals surface area contributed by atoms with Gasteiger partial charge in [0.15, 0.2) is 23.2 Å². The highest BCUT2D eigenvalue weighted by atomic mass is 19.4. The van der Waals surface area contributed by atoms with Gasteiger partial charge in [-0.1, -0.05) is 174 Å². The lowest BCUT2D eigenvalue weighted by atomic mass is 9.79. The summed E-state index contributed by atoms with van der Waals surface area (Å²) in [6.07, 6.45) is -4.56. The summed E-state index contributed by atoms with van der Waals surface area (Å²) in [6.45, 7) is 36.7. The lowest BCUT2D eigenvalue weighted by Gasteiger charge is -2.26. The maximum absolute atomic E-state index is 14.7. The summed E-state index contributed by atoms with van der Waals surface area (Å²) in [5.41, 5.74) is 15.8. The van der Waals surface area contributed by atoms with Crippen molar-refractivity contribution in [3.8, 4) is 67.8 Å². The van der Waals surface area contributed by atoms with Gasteiger partial charge in [0.25, 0.3) is 0 Å². The number of fused-ring (bicyclic) bond motifs is 6. The van der Waals surface area contributed by atoms with Crippen LogP contribution in [0.2, 0.25) is 0 Å². The van der Waals surface area contributed by atoms with Gasteiger partial charge in [0.2, 0.25) is 0 Å². The third-order valence-electron chi connectivity index (χ3n) is 16.7. The van der Waals surface area contributed by atoms with E-state index in [9.17, 15) is 13.2 Å². The summed E-state index contributed by atoms with van der Waals surface area (Å²) in [5.74, 6) is 1.53. The van der Waals surface area contributed by atoms with Gasteiger partial charge < -0.3 is 9.13 Å². The Hall–Kier alpha value is -9.13. The molecular weight excluding hydrogens is 1050 g/mol. The maximum Gasteiger partial charge on any atom is 0.416 e. The number of rotatable bonds is 7. The minimum atomic E-state index is -4.56. The third-order valence-corrected chi connectivity index (χ3v) is 16.7. The van der Waals surface area contributed by atoms with E-state index in [1.165, 1.54) is 34.4 Å². The number of halogens is 3. The van der Waals surface area contributed by atoms with Crippen molar-refractivity contribution in [3.05, 3.63) is 227 Å². The molecule has 3 aromatic heterocycles. The summed E-state index contributed by atoms with van der Waals surface area (Å²) in [4.78, 5) is 20.2. The molecule has 0 unspecified atom stereocenters. The quantitative estimate of drug-likeness (QED) is 0.149. The molecule has 0 fully saturated rings. The summed E-state index contributed by atoms with van der Waals surface area (Å²) < 4.78 is 48.5. The molecule has 424 valence electrons. The van der Waals surface area contributed by atoms with E-state index in [-0.39, 0.29) is 21.7 Å². The number of hydrogen-bond acceptors (Lipinski definition) is 3. The summed E-state index contributed by atoms with van der Waals surface area (Å²) in [6, 6.07) is 60.7. The second-order valence-electron chi connectivity index (χ2n) is 27.0. The van der Waals surface area contributed by atoms with Gasteiger partial charge in [-0.05, 0) is 159 Å². The molecular formula is C76H69F3N6. The number of hydrogen-bond donors (Lipinski definition) is 0. The average molecular weight is 1120 g/mol. The monoisotopic (exact) mass is 1120 g/mol. The molecule has 6 nitrogen and oxygen atoms in total. The van der Waals surface area contributed by atoms with E-state index in [1.807, 2.05) is 54.6 Å². The standard InChI is InChI=1S/C76H69F3N6/c1-45-23-31-65-59(35-45)57-19-15-17-21-63(57)84(65)66-32-26-47(46-24-29-56(80-14)30-25-46)40-60(66)61-41-48(27-33-67(61)85-64-22-18-16-20-58(64)62-44-51(76(77,78)79)28-34-68(62)85)69-81-70(49-36-52(72(2,3)4)42-53(37-49)73(5,6)7)83-71(82-69)50-38-54(74(8,9)10)43-55(39-50)75(11,12)13/h15-44H,1-13H3. The topological polar surface area (TPSA) is 52.9 Å². The zero-order chi connectivity index (χ0) is 60.3. The van der Waals surface area contributed by atoms with Crippen molar-refractivity contribution >= 4 is 49.3 Å². The predicted octanol–water partition coefficient (Wildman–Crippen LogP) is 21.5. The first-order valence-corrected chi connectivity index (χ1v) is 29.1. The molecule has 0 saturated carbocycles. The van der Waals surface area contributed by atoms with Crippen molar-refractivity contribution in [2.45, 2.75) is 118 Å². The Morgan fingerprint density at radius 2 is 0.741 bits per heavy atom. The van der Waals surface area contributed by atoms with Crippen LogP contribution in [0.3, 0.4) is 0 Å². The van der Waals surface area contributed by atoms with Crippen LogP contribution in [0.15, 0.2) is 182 Å². The normalized spacial score (nSPS) is 12.7. The van der Waals surface area contributed by atoms with E-state index in [1.54, 1.807) is 6.07 Å². The van der Waals surface area contributed by atoms with Crippen LogP contribution < -0.4 is 0 Å². The van der Waals surface area contributed by atoms with Crippen LogP contribution in [0.25, 0.3) is 116 Å². The fourth-order valence-corrected chi connectivity index (χ4v) is 11.7. The SMILES string of the molecule is [C-]#[N+]c1ccc(-c2ccc(-n3c4ccccc4c4cc(C)ccc43)c(-c3cc(-c4nc(-c5cc(C(C)(C)C)cc(C(C)(C)C)c5)nc(-c5cc(C(C)(C)C)cc(C(C)(C)C)c5)n4)ccc3-n3c4ccccc4c4cc(C(F)(F)F)ccc43)c2)cc1. The van der Waals surface area contributed by atoms with E-state index < -0.39 is 11.7 Å². The van der Waals surface area contributed by atoms with Crippen molar-refractivity contribution in [1.29, 1.82) is 0 Å². The van der Waals surface area contributed by atoms with Crippen molar-refractivity contribution in [1.82, 2.24) is 24.1 Å². The molecule has 9 aromatic carbocycles. The van der Waals surface area contributed by atoms with Gasteiger partial charge in [-0.3, -0.25) is 0 Å². The van der Waals surface area contributed by atoms with E-state index in [0.717, 1.165) is 77.6 Å². The number of nitrogens with zero attached hydrogens (tertiary/aromatic N) is 6. The molecule has 0 radical (unpaired) electrons. The number of aromatic nitrogens is 5. The van der Waals surface area contributed by atoms with E-state index in [4.69, 9.17) is 21.5 Å². The molecule has 0 aliphatic rings. The Morgan fingerprint density at radius 3 is 1.19 bits per heavy atom. The molecule has 85 heavy (non-hydrogen) atoms. The van der Waals surface area contributed by atoms with Gasteiger partial charge in [0.1, 0.15) is 0 Å². The molecule has 0 aliphatic heterocycles. The first-order valence-electron chi connectivity index (χ1n) is 29.1. The third kappa shape index (κ3) is 10.5. The minimum absolute atomic E-state index is 0.191. The highest BCUT2D eigenvalue weighted by molar-refractivity contribution is 6.12. The van der Waals surface area contributed by atoms with Gasteiger partial charge in [-0.2, -0.15) is 13.2 Å². The number of alkyl halides is 3. The van der Waals surface area contributed by atoms with Crippen LogP contribution in [0.5, 0.6) is 0 Å². The Bertz CT molecular complexity index is 4530. The molecule has 12 rings (SSSR count). The first-order chi connectivity index (χ1) is 40.1. The fourth-order valence-electron chi connectivity index (χ4n) is 11.7. The highest BCUT2D eigenvalue weighted by Crippen LogP contribution is 2.46. The van der Waals surface area contributed by atoms with Crippen molar-refractivity contribution in [2.24, 2.45) is 0 Å². The first kappa shape index (κ1) is 56.4. The molecule has 0 bridgehead atoms. The Balaban J connectivity index is 1.22. The second kappa shape index (κ2) is 20.3. The number of para-hydroxylation sites is 2. The lowest BCUT2D eigenvalue weighted by molar-refractivity contribution is -0.137. The largest absolute Gasteiger partial charge is 0.416 e. The Labute approximate surface area is 496 Å². The van der Waals surface area contributed by atoms with Crippen molar-refractivity contribution < 1.29 is 13.2 Å². The molecule has 0 spiro atoms. The summed E-state index contributed by atoms with van der Waals surface area (Å²) in [7, 11) is 0. The second-order valence-corrected chi connectivity index (χ2v) is 27.0. The van der Waals surface area contributed by atoms with Crippen molar-refractivity contribution in [3.63, 3.8) is 0 Å². The zero-order valence-electron chi connectivity index (χ0n) is 50.6. The molecule has 3 heterocycles. The van der Waals surface area contributed by atoms with Gasteiger partial charge in [-0.25, -0.2) is 19.8 Å². The molecule has 0 N–H and O–H groups in total. The van der Waals surface area contributed by atoms with Crippen LogP contribution in [0, 0.1) is 13.5 Å². The van der Waals surface area contributed by atoms with Crippen LogP contribution >= 0.6 is 0 Å². The zero-order valence-corrected chi connectivity index (χ0v) is 50.6. The lowest BCUT2D eigenvalue weighted by Crippen LogP contribution is -2.17. The number of aryl methyl sites for hydroxylation is 1. The molecule has 9 heteroatoms. The van der Waals surface area contributed by atoms with Gasteiger partial charge >= 0.3 is 6.18 Å². The van der Waals surface area contributed by atoms with E-state index in [2.05, 4.69) is 213 Å². The maximum atomic E-state index is 14.7. The van der Waals surface area contributed by atoms with Crippen LogP contribution in [-0.2, 0) is 27.8 Å². The summed E-state index contributed by atoms with van der Waals surface area (Å²) >= 11 is 0. The molecule has 12 aromatic rings. The Kier molecular flexibility index (Phi) is 13.5. The molecule has 0 atom stereocenters. The molecule has 0 aliphatic carbocycles. The Morgan fingerprint density at radius 1 is 0.353 bits per heavy atom. The van der Waals surface area contributed by atoms with Gasteiger partial charge in [0.05, 0.1) is 45.6 Å². The van der Waals surface area contributed by atoms with E-state index in [0.29, 0.717) is 45.0 Å². The molecule has 0 saturated heterocycles. The average Bonchev–Trinajstić information content (AvgIpc) is 1.98. The molecule has 0 amide bonds. The minimum Gasteiger partial charge on any atom is -0.309 e. The van der Waals surface area contributed by atoms with Gasteiger partial charge in [-0.15, -0.1) is 0 Å². The smallest absolute Gasteiger partial charge is 0.309 e. The van der Waals surface area contributed by atoms with Crippen LogP contribution in [0.4, 0.5) is 18.9 Å². The van der Waals surface area contributed by atoms with Gasteiger partial charge in [0, 0.05) is 49.4 Å². The van der Waals surface area contributed by atoms with Crippen LogP contribution in [0.1, 0.15) is 116 Å². The number of benzene rings is 9. The van der Waals surface area contributed by atoms with E-state index >= 15 is 0 Å². The predicted molar refractivity (Wildman–Crippen MR) is 346 cm³/mol.